The molecule has 3 nitrogen and oxygen atoms in total. The van der Waals surface area contributed by atoms with Gasteiger partial charge in [0.25, 0.3) is 0 Å². The fraction of sp³-hybridized carbons (Fsp3) is 0.600. The van der Waals surface area contributed by atoms with Crippen molar-refractivity contribution in [3.05, 3.63) is 35.4 Å². The highest BCUT2D eigenvalue weighted by molar-refractivity contribution is 7.92. The molecule has 0 saturated carbocycles. The topological polar surface area (TPSA) is 46.2 Å². The van der Waals surface area contributed by atoms with E-state index in [0.29, 0.717) is 6.54 Å². The van der Waals surface area contributed by atoms with Crippen LogP contribution in [-0.2, 0) is 15.3 Å². The third-order valence-electron chi connectivity index (χ3n) is 3.84. The van der Waals surface area contributed by atoms with Crippen molar-refractivity contribution in [3.63, 3.8) is 0 Å². The van der Waals surface area contributed by atoms with Crippen LogP contribution in [0.1, 0.15) is 44.9 Å². The van der Waals surface area contributed by atoms with Gasteiger partial charge in [0.05, 0.1) is 11.0 Å². The molecule has 1 fully saturated rings. The lowest BCUT2D eigenvalue weighted by Crippen LogP contribution is -2.44. The average molecular weight is 281 g/mol. The van der Waals surface area contributed by atoms with E-state index in [2.05, 4.69) is 38.2 Å². The van der Waals surface area contributed by atoms with Gasteiger partial charge in [-0.3, -0.25) is 0 Å². The van der Waals surface area contributed by atoms with Gasteiger partial charge in [0.1, 0.15) is 0 Å². The summed E-state index contributed by atoms with van der Waals surface area (Å²) in [4.78, 5) is 0. The second-order valence-electron chi connectivity index (χ2n) is 6.47. The number of hydrogen-bond acceptors (Lipinski definition) is 3. The van der Waals surface area contributed by atoms with Gasteiger partial charge in [0.2, 0.25) is 0 Å². The molecule has 0 aliphatic carbocycles. The minimum absolute atomic E-state index is 0.0739. The first kappa shape index (κ1) is 14.5. The normalized spacial score (nSPS) is 27.2. The number of benzene rings is 1. The van der Waals surface area contributed by atoms with Gasteiger partial charge >= 0.3 is 0 Å². The minimum Gasteiger partial charge on any atom is -0.308 e. The Balaban J connectivity index is 2.20. The molecule has 0 amide bonds. The number of sulfone groups is 1. The van der Waals surface area contributed by atoms with E-state index >= 15 is 0 Å². The highest BCUT2D eigenvalue weighted by atomic mass is 32.2. The van der Waals surface area contributed by atoms with Crippen molar-refractivity contribution >= 4 is 9.84 Å². The molecule has 0 spiro atoms. The first-order valence-corrected chi connectivity index (χ1v) is 8.47. The predicted octanol–water partition coefficient (Wildman–Crippen LogP) is 2.43. The van der Waals surface area contributed by atoms with E-state index in [1.165, 1.54) is 5.56 Å². The van der Waals surface area contributed by atoms with Gasteiger partial charge in [-0.05, 0) is 23.5 Å². The average Bonchev–Trinajstić information content (AvgIpc) is 2.32. The molecule has 2 atom stereocenters. The molecule has 1 aliphatic heterocycles. The lowest BCUT2D eigenvalue weighted by molar-refractivity contribution is 0.502. The fourth-order valence-corrected chi connectivity index (χ4v) is 3.77. The monoisotopic (exact) mass is 281 g/mol. The summed E-state index contributed by atoms with van der Waals surface area (Å²) < 4.78 is 23.9. The highest BCUT2D eigenvalue weighted by Gasteiger charge is 2.31. The van der Waals surface area contributed by atoms with Crippen LogP contribution in [0.25, 0.3) is 0 Å². The third-order valence-corrected chi connectivity index (χ3v) is 6.03. The van der Waals surface area contributed by atoms with Gasteiger partial charge in [-0.2, -0.15) is 0 Å². The summed E-state index contributed by atoms with van der Waals surface area (Å²) in [5.41, 5.74) is 2.45. The van der Waals surface area contributed by atoms with E-state index in [9.17, 15) is 8.42 Å². The fourth-order valence-electron chi connectivity index (χ4n) is 2.32. The van der Waals surface area contributed by atoms with Crippen LogP contribution in [-0.4, -0.2) is 26.0 Å². The molecule has 1 aromatic carbocycles. The first-order valence-electron chi connectivity index (χ1n) is 6.75. The van der Waals surface area contributed by atoms with Crippen molar-refractivity contribution in [2.24, 2.45) is 0 Å². The number of hydrogen-bond donors (Lipinski definition) is 1. The van der Waals surface area contributed by atoms with Crippen LogP contribution in [0.4, 0.5) is 0 Å². The lowest BCUT2D eigenvalue weighted by atomic mass is 9.86. The molecule has 0 aromatic heterocycles. The second-order valence-corrected chi connectivity index (χ2v) is 8.94. The summed E-state index contributed by atoms with van der Waals surface area (Å²) in [6.45, 7) is 8.82. The standard InChI is InChI=1S/C15H23NO2S/c1-11-9-16-14(10-19(11,17)18)12-5-7-13(8-6-12)15(2,3)4/h5-8,11,14,16H,9-10H2,1-4H3. The van der Waals surface area contributed by atoms with Crippen molar-refractivity contribution in [1.82, 2.24) is 5.32 Å². The number of rotatable bonds is 1. The molecule has 106 valence electrons. The Labute approximate surface area is 116 Å². The van der Waals surface area contributed by atoms with Crippen molar-refractivity contribution in [2.75, 3.05) is 12.3 Å². The van der Waals surface area contributed by atoms with Crippen LogP contribution in [0.3, 0.4) is 0 Å². The van der Waals surface area contributed by atoms with Crippen LogP contribution < -0.4 is 5.32 Å². The number of nitrogens with one attached hydrogen (secondary N) is 1. The molecule has 1 N–H and O–H groups in total. The Morgan fingerprint density at radius 1 is 1.16 bits per heavy atom. The quantitative estimate of drug-likeness (QED) is 0.860. The summed E-state index contributed by atoms with van der Waals surface area (Å²) in [7, 11) is -2.96. The van der Waals surface area contributed by atoms with Crippen LogP contribution in [0.2, 0.25) is 0 Å². The molecule has 0 bridgehead atoms. The molecule has 2 rings (SSSR count). The van der Waals surface area contributed by atoms with Crippen LogP contribution in [0.5, 0.6) is 0 Å². The molecule has 1 aromatic rings. The van der Waals surface area contributed by atoms with Gasteiger partial charge in [-0.25, -0.2) is 8.42 Å². The van der Waals surface area contributed by atoms with Crippen molar-refractivity contribution in [1.29, 1.82) is 0 Å². The third kappa shape index (κ3) is 3.18. The van der Waals surface area contributed by atoms with E-state index in [4.69, 9.17) is 0 Å². The Kier molecular flexibility index (Phi) is 3.76. The summed E-state index contributed by atoms with van der Waals surface area (Å²) in [6.07, 6.45) is 0. The Morgan fingerprint density at radius 3 is 2.21 bits per heavy atom. The largest absolute Gasteiger partial charge is 0.308 e. The Bertz CT molecular complexity index is 541. The van der Waals surface area contributed by atoms with Gasteiger partial charge in [-0.15, -0.1) is 0 Å². The zero-order valence-corrected chi connectivity index (χ0v) is 12.9. The maximum absolute atomic E-state index is 12.0. The highest BCUT2D eigenvalue weighted by Crippen LogP contribution is 2.26. The first-order chi connectivity index (χ1) is 8.70. The van der Waals surface area contributed by atoms with Gasteiger partial charge in [0, 0.05) is 12.6 Å². The summed E-state index contributed by atoms with van der Waals surface area (Å²) in [6, 6.07) is 8.21. The van der Waals surface area contributed by atoms with Crippen molar-refractivity contribution in [3.8, 4) is 0 Å². The maximum atomic E-state index is 12.0. The molecular formula is C15H23NO2S. The molecule has 1 heterocycles. The summed E-state index contributed by atoms with van der Waals surface area (Å²) in [5, 5.41) is 3.04. The zero-order valence-electron chi connectivity index (χ0n) is 12.1. The van der Waals surface area contributed by atoms with E-state index in [-0.39, 0.29) is 22.5 Å². The van der Waals surface area contributed by atoms with Crippen LogP contribution in [0, 0.1) is 0 Å². The van der Waals surface area contributed by atoms with E-state index in [1.54, 1.807) is 6.92 Å². The Morgan fingerprint density at radius 2 is 1.74 bits per heavy atom. The van der Waals surface area contributed by atoms with Crippen LogP contribution in [0.15, 0.2) is 24.3 Å². The van der Waals surface area contributed by atoms with Gasteiger partial charge in [0.15, 0.2) is 9.84 Å². The van der Waals surface area contributed by atoms with E-state index < -0.39 is 9.84 Å². The lowest BCUT2D eigenvalue weighted by Gasteiger charge is -2.29. The van der Waals surface area contributed by atoms with Gasteiger partial charge in [-0.1, -0.05) is 45.0 Å². The minimum atomic E-state index is -2.96. The molecule has 1 aliphatic rings. The zero-order chi connectivity index (χ0) is 14.3. The molecule has 1 saturated heterocycles. The van der Waals surface area contributed by atoms with E-state index in [1.807, 2.05) is 12.1 Å². The molecular weight excluding hydrogens is 258 g/mol. The summed E-state index contributed by atoms with van der Waals surface area (Å²) in [5.74, 6) is 0.197. The van der Waals surface area contributed by atoms with Gasteiger partial charge < -0.3 is 5.32 Å². The Hall–Kier alpha value is -0.870. The maximum Gasteiger partial charge on any atom is 0.156 e. The van der Waals surface area contributed by atoms with E-state index in [0.717, 1.165) is 5.56 Å². The summed E-state index contributed by atoms with van der Waals surface area (Å²) >= 11 is 0. The smallest absolute Gasteiger partial charge is 0.156 e. The van der Waals surface area contributed by atoms with Crippen molar-refractivity contribution < 1.29 is 8.42 Å². The van der Waals surface area contributed by atoms with Crippen LogP contribution >= 0.6 is 0 Å². The molecule has 2 unspecified atom stereocenters. The molecule has 4 heteroatoms. The molecule has 19 heavy (non-hydrogen) atoms. The van der Waals surface area contributed by atoms with Crippen molar-refractivity contribution in [2.45, 2.75) is 44.4 Å². The predicted molar refractivity (Wildman–Crippen MR) is 79.1 cm³/mol. The molecule has 0 radical (unpaired) electrons. The second kappa shape index (κ2) is 4.91. The SMILES string of the molecule is CC1CNC(c2ccc(C(C)(C)C)cc2)CS1(=O)=O.